The summed E-state index contributed by atoms with van der Waals surface area (Å²) in [5.41, 5.74) is 0.472. The molecule has 1 aromatic heterocycles. The molecule has 0 aliphatic carbocycles. The highest BCUT2D eigenvalue weighted by atomic mass is 35.5. The Bertz CT molecular complexity index is 631. The first-order chi connectivity index (χ1) is 10.1. The van der Waals surface area contributed by atoms with Crippen molar-refractivity contribution in [1.82, 2.24) is 15.5 Å². The summed E-state index contributed by atoms with van der Waals surface area (Å²) in [5.74, 6) is 1.28. The maximum absolute atomic E-state index is 13.9. The number of nitrogens with zero attached hydrogens (tertiary/aromatic N) is 2. The Labute approximate surface area is 127 Å². The van der Waals surface area contributed by atoms with Crippen LogP contribution in [-0.4, -0.2) is 16.7 Å². The second-order valence-corrected chi connectivity index (χ2v) is 5.98. The van der Waals surface area contributed by atoms with E-state index in [0.717, 1.165) is 19.4 Å². The molecule has 4 nitrogen and oxygen atoms in total. The maximum atomic E-state index is 13.9. The van der Waals surface area contributed by atoms with E-state index < -0.39 is 5.82 Å². The number of piperidine rings is 1. The summed E-state index contributed by atoms with van der Waals surface area (Å²) in [6.07, 6.45) is 2.41. The fraction of sp³-hybridized carbons (Fsp3) is 0.467. The zero-order valence-corrected chi connectivity index (χ0v) is 12.5. The summed E-state index contributed by atoms with van der Waals surface area (Å²) in [4.78, 5) is 4.38. The van der Waals surface area contributed by atoms with Crippen LogP contribution in [-0.2, 0) is 6.42 Å². The van der Waals surface area contributed by atoms with Gasteiger partial charge in [0, 0.05) is 6.42 Å². The third kappa shape index (κ3) is 3.24. The van der Waals surface area contributed by atoms with Crippen LogP contribution < -0.4 is 5.32 Å². The lowest BCUT2D eigenvalue weighted by atomic mass is 9.94. The summed E-state index contributed by atoms with van der Waals surface area (Å²) < 4.78 is 19.2. The predicted molar refractivity (Wildman–Crippen MR) is 77.7 cm³/mol. The highest BCUT2D eigenvalue weighted by Crippen LogP contribution is 2.26. The first-order valence-corrected chi connectivity index (χ1v) is 7.50. The Balaban J connectivity index is 1.74. The molecule has 6 heteroatoms. The molecule has 2 atom stereocenters. The number of rotatable bonds is 3. The molecule has 0 spiro atoms. The first-order valence-electron chi connectivity index (χ1n) is 7.12. The predicted octanol–water partition coefficient (Wildman–Crippen LogP) is 3.51. The van der Waals surface area contributed by atoms with Crippen molar-refractivity contribution in [3.63, 3.8) is 0 Å². The molecular weight excluding hydrogens is 293 g/mol. The van der Waals surface area contributed by atoms with Gasteiger partial charge in [-0.15, -0.1) is 0 Å². The van der Waals surface area contributed by atoms with Crippen LogP contribution >= 0.6 is 11.6 Å². The lowest BCUT2D eigenvalue weighted by Crippen LogP contribution is -2.30. The average molecular weight is 310 g/mol. The van der Waals surface area contributed by atoms with E-state index in [2.05, 4.69) is 22.4 Å². The molecule has 0 bridgehead atoms. The van der Waals surface area contributed by atoms with E-state index in [0.29, 0.717) is 23.2 Å². The van der Waals surface area contributed by atoms with Gasteiger partial charge in [-0.2, -0.15) is 4.98 Å². The maximum Gasteiger partial charge on any atom is 0.243 e. The van der Waals surface area contributed by atoms with Crippen LogP contribution in [0.1, 0.15) is 43.1 Å². The minimum atomic E-state index is -0.421. The van der Waals surface area contributed by atoms with Gasteiger partial charge < -0.3 is 9.84 Å². The first kappa shape index (κ1) is 14.5. The molecule has 1 aromatic carbocycles. The minimum absolute atomic E-state index is 0.0965. The molecule has 1 aliphatic rings. The molecular formula is C15H17ClFN3O. The topological polar surface area (TPSA) is 51.0 Å². The highest BCUT2D eigenvalue weighted by molar-refractivity contribution is 6.30. The SMILES string of the molecule is CC1CCNC(c2nc(Cc3cccc(Cl)c3F)no2)C1. The van der Waals surface area contributed by atoms with E-state index in [1.54, 1.807) is 12.1 Å². The third-order valence-corrected chi connectivity index (χ3v) is 4.12. The molecule has 1 aliphatic heterocycles. The van der Waals surface area contributed by atoms with Gasteiger partial charge in [-0.05, 0) is 36.9 Å². The standard InChI is InChI=1S/C15H17ClFN3O/c1-9-5-6-18-12(7-9)15-19-13(20-21-15)8-10-3-2-4-11(16)14(10)17/h2-4,9,12,18H,5-8H2,1H3. The van der Waals surface area contributed by atoms with Crippen molar-refractivity contribution < 1.29 is 8.91 Å². The fourth-order valence-corrected chi connectivity index (χ4v) is 2.83. The molecule has 1 N–H and O–H groups in total. The van der Waals surface area contributed by atoms with Gasteiger partial charge in [-0.25, -0.2) is 4.39 Å². The van der Waals surface area contributed by atoms with E-state index in [4.69, 9.17) is 16.1 Å². The number of aromatic nitrogens is 2. The van der Waals surface area contributed by atoms with Crippen molar-refractivity contribution in [3.05, 3.63) is 46.3 Å². The van der Waals surface area contributed by atoms with Crippen LogP contribution in [0.2, 0.25) is 5.02 Å². The second kappa shape index (κ2) is 6.12. The Morgan fingerprint density at radius 1 is 1.48 bits per heavy atom. The van der Waals surface area contributed by atoms with Crippen LogP contribution in [0.3, 0.4) is 0 Å². The Morgan fingerprint density at radius 3 is 3.14 bits per heavy atom. The van der Waals surface area contributed by atoms with E-state index in [1.807, 2.05) is 0 Å². The molecule has 0 radical (unpaired) electrons. The molecule has 2 aromatic rings. The van der Waals surface area contributed by atoms with Crippen molar-refractivity contribution in [3.8, 4) is 0 Å². The average Bonchev–Trinajstić information content (AvgIpc) is 2.93. The van der Waals surface area contributed by atoms with Crippen molar-refractivity contribution >= 4 is 11.6 Å². The van der Waals surface area contributed by atoms with Crippen LogP contribution in [0.25, 0.3) is 0 Å². The normalized spacial score (nSPS) is 22.4. The van der Waals surface area contributed by atoms with Gasteiger partial charge in [0.1, 0.15) is 5.82 Å². The van der Waals surface area contributed by atoms with Crippen molar-refractivity contribution in [2.45, 2.75) is 32.2 Å². The van der Waals surface area contributed by atoms with E-state index in [1.165, 1.54) is 6.07 Å². The lowest BCUT2D eigenvalue weighted by Gasteiger charge is -2.25. The zero-order valence-electron chi connectivity index (χ0n) is 11.8. The summed E-state index contributed by atoms with van der Waals surface area (Å²) in [6, 6.07) is 5.01. The highest BCUT2D eigenvalue weighted by Gasteiger charge is 2.24. The fourth-order valence-electron chi connectivity index (χ4n) is 2.63. The van der Waals surface area contributed by atoms with Gasteiger partial charge >= 0.3 is 0 Å². The zero-order chi connectivity index (χ0) is 14.8. The lowest BCUT2D eigenvalue weighted by molar-refractivity contribution is 0.259. The summed E-state index contributed by atoms with van der Waals surface area (Å²) in [5, 5.41) is 7.43. The van der Waals surface area contributed by atoms with Gasteiger partial charge in [0.05, 0.1) is 11.1 Å². The van der Waals surface area contributed by atoms with Gasteiger partial charge in [0.15, 0.2) is 5.82 Å². The monoisotopic (exact) mass is 309 g/mol. The van der Waals surface area contributed by atoms with Crippen molar-refractivity contribution in [2.75, 3.05) is 6.54 Å². The number of benzene rings is 1. The summed E-state index contributed by atoms with van der Waals surface area (Å²) in [6.45, 7) is 3.17. The number of hydrogen-bond acceptors (Lipinski definition) is 4. The number of hydrogen-bond donors (Lipinski definition) is 1. The quantitative estimate of drug-likeness (QED) is 0.942. The number of halogens is 2. The van der Waals surface area contributed by atoms with E-state index >= 15 is 0 Å². The Hall–Kier alpha value is -1.46. The third-order valence-electron chi connectivity index (χ3n) is 3.83. The van der Waals surface area contributed by atoms with Crippen LogP contribution in [0, 0.1) is 11.7 Å². The van der Waals surface area contributed by atoms with Gasteiger partial charge in [0.25, 0.3) is 0 Å². The Morgan fingerprint density at radius 2 is 2.33 bits per heavy atom. The molecule has 3 rings (SSSR count). The Kier molecular flexibility index (Phi) is 4.22. The molecule has 1 fully saturated rings. The van der Waals surface area contributed by atoms with Gasteiger partial charge in [-0.1, -0.05) is 35.8 Å². The summed E-state index contributed by atoms with van der Waals surface area (Å²) in [7, 11) is 0. The summed E-state index contributed by atoms with van der Waals surface area (Å²) >= 11 is 5.77. The molecule has 21 heavy (non-hydrogen) atoms. The molecule has 112 valence electrons. The van der Waals surface area contributed by atoms with Crippen molar-refractivity contribution in [2.24, 2.45) is 5.92 Å². The molecule has 1 saturated heterocycles. The largest absolute Gasteiger partial charge is 0.338 e. The smallest absolute Gasteiger partial charge is 0.243 e. The number of nitrogens with one attached hydrogen (secondary N) is 1. The minimum Gasteiger partial charge on any atom is -0.338 e. The molecule has 0 amide bonds. The van der Waals surface area contributed by atoms with Crippen LogP contribution in [0.4, 0.5) is 4.39 Å². The van der Waals surface area contributed by atoms with Gasteiger partial charge in [0.2, 0.25) is 5.89 Å². The van der Waals surface area contributed by atoms with Crippen molar-refractivity contribution in [1.29, 1.82) is 0 Å². The van der Waals surface area contributed by atoms with E-state index in [-0.39, 0.29) is 17.5 Å². The molecule has 2 heterocycles. The van der Waals surface area contributed by atoms with Crippen LogP contribution in [0.15, 0.2) is 22.7 Å². The molecule has 2 unspecified atom stereocenters. The molecule has 0 saturated carbocycles. The second-order valence-electron chi connectivity index (χ2n) is 5.57. The van der Waals surface area contributed by atoms with E-state index in [9.17, 15) is 4.39 Å². The van der Waals surface area contributed by atoms with Gasteiger partial charge in [-0.3, -0.25) is 0 Å². The van der Waals surface area contributed by atoms with Crippen LogP contribution in [0.5, 0.6) is 0 Å².